The summed E-state index contributed by atoms with van der Waals surface area (Å²) in [5, 5.41) is 10.2. The molecule has 1 aromatic carbocycles. The first-order valence-electron chi connectivity index (χ1n) is 6.50. The van der Waals surface area contributed by atoms with Gasteiger partial charge >= 0.3 is 6.18 Å². The molecule has 3 rings (SSSR count). The first-order chi connectivity index (χ1) is 9.55. The highest BCUT2D eigenvalue weighted by Gasteiger charge is 2.31. The smallest absolute Gasteiger partial charge is 0.309 e. The molecule has 0 aliphatic carbocycles. The summed E-state index contributed by atoms with van der Waals surface area (Å²) in [6.07, 6.45) is -0.712. The molecular formula is C14H14F3N3. The third-order valence-corrected chi connectivity index (χ3v) is 3.58. The predicted molar refractivity (Wildman–Crippen MR) is 69.0 cm³/mol. The number of aromatic amines is 1. The largest absolute Gasteiger partial charge is 0.416 e. The molecule has 1 fully saturated rings. The maximum Gasteiger partial charge on any atom is 0.416 e. The van der Waals surface area contributed by atoms with Crippen molar-refractivity contribution >= 4 is 0 Å². The molecule has 1 aliphatic rings. The first kappa shape index (κ1) is 13.2. The molecule has 2 heterocycles. The molecule has 1 aromatic heterocycles. The molecule has 0 amide bonds. The number of alkyl halides is 3. The fourth-order valence-electron chi connectivity index (χ4n) is 2.59. The van der Waals surface area contributed by atoms with Crippen LogP contribution < -0.4 is 5.32 Å². The molecule has 1 atom stereocenters. The number of hydrogen-bond acceptors (Lipinski definition) is 2. The lowest BCUT2D eigenvalue weighted by molar-refractivity contribution is -0.137. The van der Waals surface area contributed by atoms with Gasteiger partial charge < -0.3 is 5.32 Å². The molecule has 1 saturated heterocycles. The van der Waals surface area contributed by atoms with Gasteiger partial charge in [0.25, 0.3) is 0 Å². The van der Waals surface area contributed by atoms with Gasteiger partial charge in [0.15, 0.2) is 0 Å². The van der Waals surface area contributed by atoms with E-state index in [9.17, 15) is 13.2 Å². The van der Waals surface area contributed by atoms with Gasteiger partial charge in [0.2, 0.25) is 0 Å². The number of nitrogens with zero attached hydrogens (tertiary/aromatic N) is 1. The Labute approximate surface area is 114 Å². The van der Waals surface area contributed by atoms with E-state index >= 15 is 0 Å². The highest BCUT2D eigenvalue weighted by Crippen LogP contribution is 2.35. The second-order valence-electron chi connectivity index (χ2n) is 4.92. The van der Waals surface area contributed by atoms with E-state index in [0.29, 0.717) is 5.56 Å². The van der Waals surface area contributed by atoms with Crippen molar-refractivity contribution in [2.45, 2.75) is 25.1 Å². The van der Waals surface area contributed by atoms with Crippen LogP contribution in [-0.2, 0) is 6.18 Å². The summed E-state index contributed by atoms with van der Waals surface area (Å²) in [6.45, 7) is 0.922. The van der Waals surface area contributed by atoms with Crippen LogP contribution >= 0.6 is 0 Å². The zero-order valence-electron chi connectivity index (χ0n) is 10.7. The van der Waals surface area contributed by atoms with Gasteiger partial charge in [0.1, 0.15) is 0 Å². The summed E-state index contributed by atoms with van der Waals surface area (Å²) in [6, 6.07) is 5.50. The predicted octanol–water partition coefficient (Wildman–Crippen LogP) is 3.52. The Morgan fingerprint density at radius 2 is 2.10 bits per heavy atom. The zero-order valence-corrected chi connectivity index (χ0v) is 10.7. The van der Waals surface area contributed by atoms with E-state index in [1.165, 1.54) is 12.1 Å². The number of aromatic nitrogens is 2. The van der Waals surface area contributed by atoms with Crippen LogP contribution in [0.15, 0.2) is 30.5 Å². The van der Waals surface area contributed by atoms with Gasteiger partial charge in [-0.2, -0.15) is 18.3 Å². The Balaban J connectivity index is 1.99. The van der Waals surface area contributed by atoms with Crippen LogP contribution in [0.3, 0.4) is 0 Å². The summed E-state index contributed by atoms with van der Waals surface area (Å²) < 4.78 is 38.3. The zero-order chi connectivity index (χ0) is 14.2. The van der Waals surface area contributed by atoms with Crippen molar-refractivity contribution in [3.8, 4) is 11.1 Å². The lowest BCUT2D eigenvalue weighted by atomic mass is 9.99. The van der Waals surface area contributed by atoms with E-state index in [1.54, 1.807) is 12.3 Å². The van der Waals surface area contributed by atoms with Crippen molar-refractivity contribution in [1.29, 1.82) is 0 Å². The molecule has 106 valence electrons. The minimum Gasteiger partial charge on any atom is -0.309 e. The summed E-state index contributed by atoms with van der Waals surface area (Å²) in [7, 11) is 0. The highest BCUT2D eigenvalue weighted by molar-refractivity contribution is 5.66. The lowest BCUT2D eigenvalue weighted by Gasteiger charge is -2.12. The van der Waals surface area contributed by atoms with Gasteiger partial charge in [0.05, 0.1) is 17.5 Å². The monoisotopic (exact) mass is 281 g/mol. The Bertz CT molecular complexity index is 598. The Morgan fingerprint density at radius 3 is 2.80 bits per heavy atom. The molecule has 2 N–H and O–H groups in total. The number of hydrogen-bond donors (Lipinski definition) is 2. The van der Waals surface area contributed by atoms with Crippen LogP contribution in [0.25, 0.3) is 11.1 Å². The number of rotatable bonds is 2. The fraction of sp³-hybridized carbons (Fsp3) is 0.357. The van der Waals surface area contributed by atoms with Crippen molar-refractivity contribution in [3.05, 3.63) is 41.7 Å². The van der Waals surface area contributed by atoms with Gasteiger partial charge in [-0.05, 0) is 37.1 Å². The van der Waals surface area contributed by atoms with E-state index in [-0.39, 0.29) is 6.04 Å². The average Bonchev–Trinajstić information content (AvgIpc) is 3.08. The van der Waals surface area contributed by atoms with E-state index in [1.807, 2.05) is 0 Å². The van der Waals surface area contributed by atoms with Crippen molar-refractivity contribution in [1.82, 2.24) is 15.5 Å². The molecule has 1 aliphatic heterocycles. The molecule has 0 radical (unpaired) electrons. The second kappa shape index (κ2) is 4.94. The van der Waals surface area contributed by atoms with Crippen LogP contribution in [0.5, 0.6) is 0 Å². The molecule has 0 spiro atoms. The summed E-state index contributed by atoms with van der Waals surface area (Å²) in [5.74, 6) is 0. The third kappa shape index (κ3) is 2.43. The SMILES string of the molecule is FC(F)(F)c1cccc(-c2cn[nH]c2[C@H]2CCCN2)c1. The van der Waals surface area contributed by atoms with Gasteiger partial charge in [-0.3, -0.25) is 5.10 Å². The normalized spacial score (nSPS) is 19.4. The van der Waals surface area contributed by atoms with E-state index in [4.69, 9.17) is 0 Å². The lowest BCUT2D eigenvalue weighted by Crippen LogP contribution is -2.14. The number of benzene rings is 1. The average molecular weight is 281 g/mol. The minimum atomic E-state index is -4.33. The molecule has 0 bridgehead atoms. The Kier molecular flexibility index (Phi) is 3.25. The van der Waals surface area contributed by atoms with Gasteiger partial charge in [-0.1, -0.05) is 12.1 Å². The van der Waals surface area contributed by atoms with Crippen LogP contribution in [0, 0.1) is 0 Å². The molecule has 6 heteroatoms. The molecular weight excluding hydrogens is 267 g/mol. The summed E-state index contributed by atoms with van der Waals surface area (Å²) >= 11 is 0. The van der Waals surface area contributed by atoms with Crippen molar-refractivity contribution < 1.29 is 13.2 Å². The standard InChI is InChI=1S/C14H14F3N3/c15-14(16,17)10-4-1-3-9(7-10)11-8-19-20-13(11)12-5-2-6-18-12/h1,3-4,7-8,12,18H,2,5-6H2,(H,19,20)/t12-/m1/s1. The third-order valence-electron chi connectivity index (χ3n) is 3.58. The first-order valence-corrected chi connectivity index (χ1v) is 6.50. The van der Waals surface area contributed by atoms with Crippen LogP contribution in [-0.4, -0.2) is 16.7 Å². The molecule has 2 aromatic rings. The number of H-pyrrole nitrogens is 1. The second-order valence-corrected chi connectivity index (χ2v) is 4.92. The highest BCUT2D eigenvalue weighted by atomic mass is 19.4. The maximum atomic E-state index is 12.8. The quantitative estimate of drug-likeness (QED) is 0.884. The summed E-state index contributed by atoms with van der Waals surface area (Å²) in [5.41, 5.74) is 1.50. The Hall–Kier alpha value is -1.82. The van der Waals surface area contributed by atoms with E-state index in [0.717, 1.165) is 36.7 Å². The number of halogens is 3. The maximum absolute atomic E-state index is 12.8. The van der Waals surface area contributed by atoms with E-state index in [2.05, 4.69) is 15.5 Å². The number of nitrogens with one attached hydrogen (secondary N) is 2. The van der Waals surface area contributed by atoms with Gasteiger partial charge in [-0.25, -0.2) is 0 Å². The van der Waals surface area contributed by atoms with Crippen molar-refractivity contribution in [2.75, 3.05) is 6.54 Å². The minimum absolute atomic E-state index is 0.141. The van der Waals surface area contributed by atoms with Crippen LogP contribution in [0.1, 0.15) is 30.1 Å². The fourth-order valence-corrected chi connectivity index (χ4v) is 2.59. The van der Waals surface area contributed by atoms with Gasteiger partial charge in [0, 0.05) is 11.6 Å². The van der Waals surface area contributed by atoms with Crippen LogP contribution in [0.2, 0.25) is 0 Å². The van der Waals surface area contributed by atoms with E-state index < -0.39 is 11.7 Å². The molecule has 0 unspecified atom stereocenters. The van der Waals surface area contributed by atoms with Crippen molar-refractivity contribution in [3.63, 3.8) is 0 Å². The Morgan fingerprint density at radius 1 is 1.25 bits per heavy atom. The molecule has 0 saturated carbocycles. The topological polar surface area (TPSA) is 40.7 Å². The van der Waals surface area contributed by atoms with Crippen LogP contribution in [0.4, 0.5) is 13.2 Å². The van der Waals surface area contributed by atoms with Gasteiger partial charge in [-0.15, -0.1) is 0 Å². The molecule has 20 heavy (non-hydrogen) atoms. The van der Waals surface area contributed by atoms with Crippen molar-refractivity contribution in [2.24, 2.45) is 0 Å². The molecule has 3 nitrogen and oxygen atoms in total. The summed E-state index contributed by atoms with van der Waals surface area (Å²) in [4.78, 5) is 0.